The molecule has 0 saturated carbocycles. The van der Waals surface area contributed by atoms with Crippen LogP contribution in [0.5, 0.6) is 5.75 Å². The average molecular weight is 177 g/mol. The molecule has 0 unspecified atom stereocenters. The molecule has 0 N–H and O–H groups in total. The van der Waals surface area contributed by atoms with E-state index in [2.05, 4.69) is 26.8 Å². The molecule has 1 aromatic carbocycles. The SMILES string of the molecule is CC(C)(C)N1Cc2ccccc2O1. The van der Waals surface area contributed by atoms with E-state index in [0.29, 0.717) is 0 Å². The lowest BCUT2D eigenvalue weighted by molar-refractivity contribution is -0.114. The molecule has 0 radical (unpaired) electrons. The molecule has 1 aromatic rings. The standard InChI is InChI=1S/C11H15NO/c1-11(2,3)12-8-9-6-4-5-7-10(9)13-12/h4-7H,8H2,1-3H3. The van der Waals surface area contributed by atoms with Gasteiger partial charge in [0.1, 0.15) is 0 Å². The van der Waals surface area contributed by atoms with E-state index in [1.165, 1.54) is 5.56 Å². The topological polar surface area (TPSA) is 12.5 Å². The van der Waals surface area contributed by atoms with Crippen LogP contribution in [0.2, 0.25) is 0 Å². The quantitative estimate of drug-likeness (QED) is 0.604. The monoisotopic (exact) mass is 177 g/mol. The zero-order valence-corrected chi connectivity index (χ0v) is 8.37. The summed E-state index contributed by atoms with van der Waals surface area (Å²) in [6.07, 6.45) is 0. The van der Waals surface area contributed by atoms with Gasteiger partial charge >= 0.3 is 0 Å². The lowest BCUT2D eigenvalue weighted by atomic mass is 10.1. The lowest BCUT2D eigenvalue weighted by Gasteiger charge is -2.29. The molecule has 0 aliphatic carbocycles. The Labute approximate surface area is 79.1 Å². The number of nitrogens with zero attached hydrogens (tertiary/aromatic N) is 1. The smallest absolute Gasteiger partial charge is 0.152 e. The maximum absolute atomic E-state index is 5.70. The molecule has 0 saturated heterocycles. The molecule has 0 fully saturated rings. The van der Waals surface area contributed by atoms with Gasteiger partial charge in [-0.2, -0.15) is 0 Å². The van der Waals surface area contributed by atoms with Crippen molar-refractivity contribution < 1.29 is 4.84 Å². The first-order chi connectivity index (χ1) is 6.07. The molecule has 2 nitrogen and oxygen atoms in total. The minimum atomic E-state index is 0.0685. The van der Waals surface area contributed by atoms with Gasteiger partial charge in [0.2, 0.25) is 0 Å². The largest absolute Gasteiger partial charge is 0.405 e. The Kier molecular flexibility index (Phi) is 1.81. The van der Waals surface area contributed by atoms with Crippen molar-refractivity contribution in [2.75, 3.05) is 0 Å². The van der Waals surface area contributed by atoms with Crippen LogP contribution in [0.3, 0.4) is 0 Å². The normalized spacial score (nSPS) is 16.8. The molecule has 0 bridgehead atoms. The van der Waals surface area contributed by atoms with Crippen LogP contribution in [0, 0.1) is 0 Å². The summed E-state index contributed by atoms with van der Waals surface area (Å²) >= 11 is 0. The van der Waals surface area contributed by atoms with Crippen LogP contribution in [0.1, 0.15) is 26.3 Å². The second-order valence-electron chi connectivity index (χ2n) is 4.41. The number of benzene rings is 1. The third kappa shape index (κ3) is 1.54. The van der Waals surface area contributed by atoms with Gasteiger partial charge in [-0.15, -0.1) is 5.06 Å². The van der Waals surface area contributed by atoms with E-state index in [1.54, 1.807) is 0 Å². The summed E-state index contributed by atoms with van der Waals surface area (Å²) in [7, 11) is 0. The zero-order valence-electron chi connectivity index (χ0n) is 8.37. The number of rotatable bonds is 0. The predicted octanol–water partition coefficient (Wildman–Crippen LogP) is 2.59. The van der Waals surface area contributed by atoms with Gasteiger partial charge in [0.25, 0.3) is 0 Å². The first-order valence-electron chi connectivity index (χ1n) is 4.61. The summed E-state index contributed by atoms with van der Waals surface area (Å²) in [5.74, 6) is 0.998. The van der Waals surface area contributed by atoms with Crippen LogP contribution >= 0.6 is 0 Å². The molecule has 1 heterocycles. The first kappa shape index (κ1) is 8.57. The first-order valence-corrected chi connectivity index (χ1v) is 4.61. The highest BCUT2D eigenvalue weighted by molar-refractivity contribution is 5.35. The van der Waals surface area contributed by atoms with Gasteiger partial charge in [0.05, 0.1) is 6.54 Å². The Morgan fingerprint density at radius 1 is 1.23 bits per heavy atom. The van der Waals surface area contributed by atoms with E-state index in [0.717, 1.165) is 12.3 Å². The van der Waals surface area contributed by atoms with Gasteiger partial charge in [-0.25, -0.2) is 0 Å². The van der Waals surface area contributed by atoms with Crippen LogP contribution < -0.4 is 4.84 Å². The van der Waals surface area contributed by atoms with Crippen molar-refractivity contribution in [3.8, 4) is 5.75 Å². The van der Waals surface area contributed by atoms with E-state index < -0.39 is 0 Å². The van der Waals surface area contributed by atoms with E-state index in [9.17, 15) is 0 Å². The van der Waals surface area contributed by atoms with Gasteiger partial charge in [-0.1, -0.05) is 18.2 Å². The Bertz CT molecular complexity index is 289. The fourth-order valence-corrected chi connectivity index (χ4v) is 1.40. The number of fused-ring (bicyclic) bond motifs is 1. The van der Waals surface area contributed by atoms with Crippen LogP contribution in [0.4, 0.5) is 0 Å². The molecule has 2 rings (SSSR count). The summed E-state index contributed by atoms with van der Waals surface area (Å²) in [5, 5.41) is 2.01. The predicted molar refractivity (Wildman–Crippen MR) is 52.4 cm³/mol. The minimum Gasteiger partial charge on any atom is -0.405 e. The third-order valence-electron chi connectivity index (χ3n) is 2.24. The van der Waals surface area contributed by atoms with Gasteiger partial charge in [0.15, 0.2) is 5.75 Å². The van der Waals surface area contributed by atoms with Gasteiger partial charge in [0, 0.05) is 11.1 Å². The van der Waals surface area contributed by atoms with E-state index in [-0.39, 0.29) is 5.54 Å². The summed E-state index contributed by atoms with van der Waals surface area (Å²) in [6, 6.07) is 8.18. The van der Waals surface area contributed by atoms with Gasteiger partial charge in [-0.3, -0.25) is 0 Å². The highest BCUT2D eigenvalue weighted by Crippen LogP contribution is 2.31. The average Bonchev–Trinajstić information content (AvgIpc) is 2.45. The summed E-state index contributed by atoms with van der Waals surface area (Å²) in [6.45, 7) is 7.34. The number of hydrogen-bond acceptors (Lipinski definition) is 2. The van der Waals surface area contributed by atoms with Gasteiger partial charge in [-0.05, 0) is 26.8 Å². The molecule has 0 aromatic heterocycles. The van der Waals surface area contributed by atoms with E-state index in [1.807, 2.05) is 23.3 Å². The number of hydroxylamine groups is 2. The molecule has 0 spiro atoms. The zero-order chi connectivity index (χ0) is 9.47. The van der Waals surface area contributed by atoms with Crippen LogP contribution in [-0.4, -0.2) is 10.6 Å². The van der Waals surface area contributed by atoms with Crippen LogP contribution in [0.25, 0.3) is 0 Å². The van der Waals surface area contributed by atoms with Gasteiger partial charge < -0.3 is 4.84 Å². The van der Waals surface area contributed by atoms with E-state index >= 15 is 0 Å². The van der Waals surface area contributed by atoms with Crippen molar-refractivity contribution in [3.63, 3.8) is 0 Å². The second kappa shape index (κ2) is 2.74. The van der Waals surface area contributed by atoms with Crippen molar-refractivity contribution in [2.24, 2.45) is 0 Å². The highest BCUT2D eigenvalue weighted by atomic mass is 16.7. The molecule has 1 aliphatic heterocycles. The van der Waals surface area contributed by atoms with Crippen LogP contribution in [-0.2, 0) is 6.54 Å². The van der Waals surface area contributed by atoms with Crippen molar-refractivity contribution in [3.05, 3.63) is 29.8 Å². The molecule has 0 atom stereocenters. The fourth-order valence-electron chi connectivity index (χ4n) is 1.40. The Hall–Kier alpha value is -1.02. The maximum Gasteiger partial charge on any atom is 0.152 e. The molecule has 13 heavy (non-hydrogen) atoms. The van der Waals surface area contributed by atoms with E-state index in [4.69, 9.17) is 4.84 Å². The molecule has 0 amide bonds. The summed E-state index contributed by atoms with van der Waals surface area (Å²) in [4.78, 5) is 5.70. The van der Waals surface area contributed by atoms with Crippen molar-refractivity contribution in [1.29, 1.82) is 0 Å². The molecular formula is C11H15NO. The van der Waals surface area contributed by atoms with Crippen molar-refractivity contribution in [2.45, 2.75) is 32.9 Å². The summed E-state index contributed by atoms with van der Waals surface area (Å²) < 4.78 is 0. The molecule has 70 valence electrons. The molecular weight excluding hydrogens is 162 g/mol. The van der Waals surface area contributed by atoms with Crippen molar-refractivity contribution >= 4 is 0 Å². The number of para-hydroxylation sites is 1. The Morgan fingerprint density at radius 3 is 2.54 bits per heavy atom. The lowest BCUT2D eigenvalue weighted by Crippen LogP contribution is -2.40. The number of hydrogen-bond donors (Lipinski definition) is 0. The summed E-state index contributed by atoms with van der Waals surface area (Å²) in [5.41, 5.74) is 1.34. The molecule has 2 heteroatoms. The maximum atomic E-state index is 5.70. The highest BCUT2D eigenvalue weighted by Gasteiger charge is 2.29. The van der Waals surface area contributed by atoms with Crippen molar-refractivity contribution in [1.82, 2.24) is 5.06 Å². The fraction of sp³-hybridized carbons (Fsp3) is 0.455. The third-order valence-corrected chi connectivity index (χ3v) is 2.24. The Balaban J connectivity index is 2.23. The Morgan fingerprint density at radius 2 is 1.92 bits per heavy atom. The second-order valence-corrected chi connectivity index (χ2v) is 4.41. The minimum absolute atomic E-state index is 0.0685. The molecule has 1 aliphatic rings. The van der Waals surface area contributed by atoms with Crippen LogP contribution in [0.15, 0.2) is 24.3 Å².